The van der Waals surface area contributed by atoms with E-state index >= 15 is 0 Å². The van der Waals surface area contributed by atoms with Gasteiger partial charge in [0.15, 0.2) is 0 Å². The number of benzene rings is 2. The molecule has 3 heterocycles. The van der Waals surface area contributed by atoms with E-state index in [2.05, 4.69) is 4.90 Å². The lowest BCUT2D eigenvalue weighted by atomic mass is 9.85. The molecular weight excluding hydrogens is 330 g/mol. The lowest BCUT2D eigenvalue weighted by molar-refractivity contribution is -0.105. The third kappa shape index (κ3) is 2.55. The van der Waals surface area contributed by atoms with Crippen molar-refractivity contribution in [3.8, 4) is 22.8 Å². The maximum Gasteiger partial charge on any atom is 0.135 e. The molecule has 0 unspecified atom stereocenters. The Morgan fingerprint density at radius 1 is 1.04 bits per heavy atom. The summed E-state index contributed by atoms with van der Waals surface area (Å²) in [6.45, 7) is 4.47. The van der Waals surface area contributed by atoms with E-state index in [1.165, 1.54) is 0 Å². The van der Waals surface area contributed by atoms with Crippen molar-refractivity contribution in [1.82, 2.24) is 4.90 Å². The minimum Gasteiger partial charge on any atom is -0.508 e. The van der Waals surface area contributed by atoms with E-state index in [1.54, 1.807) is 18.2 Å². The maximum atomic E-state index is 10.5. The molecule has 0 radical (unpaired) electrons. The molecule has 0 atom stereocenters. The van der Waals surface area contributed by atoms with Gasteiger partial charge in [-0.05, 0) is 55.4 Å². The number of nitrogens with zero attached hydrogens (tertiary/aromatic N) is 1. The van der Waals surface area contributed by atoms with E-state index in [0.717, 1.165) is 60.6 Å². The Morgan fingerprint density at radius 3 is 2.54 bits per heavy atom. The minimum atomic E-state index is 0.228. The fourth-order valence-corrected chi connectivity index (χ4v) is 4.10. The highest BCUT2D eigenvalue weighted by molar-refractivity contribution is 5.87. The van der Waals surface area contributed by atoms with Crippen molar-refractivity contribution >= 4 is 11.0 Å². The molecule has 26 heavy (non-hydrogen) atoms. The number of aromatic hydroxyl groups is 2. The molecule has 1 aromatic heterocycles. The van der Waals surface area contributed by atoms with Crippen LogP contribution in [0.1, 0.15) is 12.0 Å². The highest BCUT2D eigenvalue weighted by Crippen LogP contribution is 2.40. The molecule has 2 N–H and O–H groups in total. The molecule has 2 saturated heterocycles. The number of phenolic OH excluding ortho intramolecular Hbond substituents is 2. The summed E-state index contributed by atoms with van der Waals surface area (Å²) in [6, 6.07) is 12.4. The second kappa shape index (κ2) is 5.76. The van der Waals surface area contributed by atoms with E-state index in [0.29, 0.717) is 17.7 Å². The molecule has 0 bridgehead atoms. The summed E-state index contributed by atoms with van der Waals surface area (Å²) in [5.74, 6) is 1.27. The van der Waals surface area contributed by atoms with Crippen LogP contribution in [0.5, 0.6) is 11.5 Å². The molecule has 3 aromatic rings. The number of hydrogen-bond acceptors (Lipinski definition) is 5. The van der Waals surface area contributed by atoms with E-state index in [1.807, 2.05) is 24.3 Å². The third-order valence-corrected chi connectivity index (χ3v) is 5.66. The van der Waals surface area contributed by atoms with Crippen molar-refractivity contribution in [2.24, 2.45) is 5.41 Å². The Morgan fingerprint density at radius 2 is 1.85 bits per heavy atom. The Labute approximate surface area is 151 Å². The van der Waals surface area contributed by atoms with Crippen LogP contribution >= 0.6 is 0 Å². The first-order valence-electron chi connectivity index (χ1n) is 8.96. The molecule has 2 aromatic carbocycles. The highest BCUT2D eigenvalue weighted by atomic mass is 16.5. The number of rotatable bonds is 3. The molecule has 134 valence electrons. The average Bonchev–Trinajstić information content (AvgIpc) is 3.22. The molecule has 5 heteroatoms. The summed E-state index contributed by atoms with van der Waals surface area (Å²) < 4.78 is 11.4. The summed E-state index contributed by atoms with van der Waals surface area (Å²) in [6.07, 6.45) is 1.16. The van der Waals surface area contributed by atoms with Gasteiger partial charge < -0.3 is 19.4 Å². The van der Waals surface area contributed by atoms with Crippen LogP contribution in [0.15, 0.2) is 46.9 Å². The first-order chi connectivity index (χ1) is 12.6. The van der Waals surface area contributed by atoms with Crippen molar-refractivity contribution in [3.05, 3.63) is 48.0 Å². The van der Waals surface area contributed by atoms with Crippen LogP contribution in [-0.4, -0.2) is 41.4 Å². The van der Waals surface area contributed by atoms with Gasteiger partial charge in [-0.2, -0.15) is 0 Å². The SMILES string of the molecule is Oc1ccc(-c2cc3c(CN4CCC5(COC5)C4)c(O)ccc3o2)cc1. The van der Waals surface area contributed by atoms with E-state index < -0.39 is 0 Å². The molecule has 1 spiro atoms. The van der Waals surface area contributed by atoms with Gasteiger partial charge in [-0.1, -0.05) is 0 Å². The van der Waals surface area contributed by atoms with Crippen molar-refractivity contribution in [2.75, 3.05) is 26.3 Å². The monoisotopic (exact) mass is 351 g/mol. The van der Waals surface area contributed by atoms with Crippen molar-refractivity contribution < 1.29 is 19.4 Å². The van der Waals surface area contributed by atoms with Gasteiger partial charge >= 0.3 is 0 Å². The van der Waals surface area contributed by atoms with Crippen LogP contribution < -0.4 is 0 Å². The van der Waals surface area contributed by atoms with Crippen LogP contribution in [0, 0.1) is 5.41 Å². The van der Waals surface area contributed by atoms with Gasteiger partial charge in [0, 0.05) is 35.0 Å². The molecule has 5 rings (SSSR count). The summed E-state index contributed by atoms with van der Waals surface area (Å²) in [7, 11) is 0. The normalized spacial score (nSPS) is 19.2. The van der Waals surface area contributed by atoms with E-state index in [4.69, 9.17) is 9.15 Å². The smallest absolute Gasteiger partial charge is 0.135 e. The topological polar surface area (TPSA) is 66.1 Å². The summed E-state index contributed by atoms with van der Waals surface area (Å²) in [5.41, 5.74) is 2.91. The van der Waals surface area contributed by atoms with Crippen LogP contribution in [0.4, 0.5) is 0 Å². The van der Waals surface area contributed by atoms with Gasteiger partial charge in [0.2, 0.25) is 0 Å². The first-order valence-corrected chi connectivity index (χ1v) is 8.96. The lowest BCUT2D eigenvalue weighted by Gasteiger charge is -2.37. The zero-order valence-corrected chi connectivity index (χ0v) is 14.4. The molecule has 0 aliphatic carbocycles. The van der Waals surface area contributed by atoms with Crippen LogP contribution in [0.25, 0.3) is 22.3 Å². The second-order valence-corrected chi connectivity index (χ2v) is 7.59. The molecular formula is C21H21NO4. The second-order valence-electron chi connectivity index (χ2n) is 7.59. The zero-order chi connectivity index (χ0) is 17.7. The number of likely N-dealkylation sites (tertiary alicyclic amines) is 1. The summed E-state index contributed by atoms with van der Waals surface area (Å²) >= 11 is 0. The minimum absolute atomic E-state index is 0.228. The van der Waals surface area contributed by atoms with E-state index in [9.17, 15) is 10.2 Å². The molecule has 2 aliphatic rings. The van der Waals surface area contributed by atoms with Gasteiger partial charge in [0.25, 0.3) is 0 Å². The Balaban J connectivity index is 1.48. The Bertz CT molecular complexity index is 956. The molecule has 5 nitrogen and oxygen atoms in total. The average molecular weight is 351 g/mol. The fraction of sp³-hybridized carbons (Fsp3) is 0.333. The lowest BCUT2D eigenvalue weighted by Crippen LogP contribution is -2.44. The number of ether oxygens (including phenoxy) is 1. The molecule has 0 amide bonds. The predicted molar refractivity (Wildman–Crippen MR) is 98.1 cm³/mol. The molecule has 0 saturated carbocycles. The quantitative estimate of drug-likeness (QED) is 0.753. The van der Waals surface area contributed by atoms with Gasteiger partial charge in [0.05, 0.1) is 13.2 Å². The van der Waals surface area contributed by atoms with Crippen molar-refractivity contribution in [2.45, 2.75) is 13.0 Å². The summed E-state index contributed by atoms with van der Waals surface area (Å²) in [5, 5.41) is 20.9. The zero-order valence-electron chi connectivity index (χ0n) is 14.4. The van der Waals surface area contributed by atoms with Crippen LogP contribution in [0.3, 0.4) is 0 Å². The van der Waals surface area contributed by atoms with Gasteiger partial charge in [-0.25, -0.2) is 0 Å². The highest BCUT2D eigenvalue weighted by Gasteiger charge is 2.44. The largest absolute Gasteiger partial charge is 0.508 e. The van der Waals surface area contributed by atoms with Crippen molar-refractivity contribution in [1.29, 1.82) is 0 Å². The fourth-order valence-electron chi connectivity index (χ4n) is 4.10. The summed E-state index contributed by atoms with van der Waals surface area (Å²) in [4.78, 5) is 2.39. The van der Waals surface area contributed by atoms with Gasteiger partial charge in [0.1, 0.15) is 22.8 Å². The molecule has 2 aliphatic heterocycles. The van der Waals surface area contributed by atoms with Crippen LogP contribution in [-0.2, 0) is 11.3 Å². The standard InChI is InChI=1S/C21H21NO4/c23-15-3-1-14(2-4-15)20-9-16-17(18(24)5-6-19(16)26-20)10-22-8-7-21(11-22)12-25-13-21/h1-6,9,23-24H,7-8,10-13H2. The third-order valence-electron chi connectivity index (χ3n) is 5.66. The van der Waals surface area contributed by atoms with Gasteiger partial charge in [-0.15, -0.1) is 0 Å². The van der Waals surface area contributed by atoms with E-state index in [-0.39, 0.29) is 5.75 Å². The Hall–Kier alpha value is -2.50. The van der Waals surface area contributed by atoms with Gasteiger partial charge in [-0.3, -0.25) is 4.90 Å². The maximum absolute atomic E-state index is 10.5. The molecule has 2 fully saturated rings. The number of phenols is 2. The Kier molecular flexibility index (Phi) is 3.48. The number of furan rings is 1. The number of fused-ring (bicyclic) bond motifs is 1. The first kappa shape index (κ1) is 15.7. The predicted octanol–water partition coefficient (Wildman–Crippen LogP) is 3.73. The van der Waals surface area contributed by atoms with Crippen molar-refractivity contribution in [3.63, 3.8) is 0 Å². The number of hydrogen-bond donors (Lipinski definition) is 2. The van der Waals surface area contributed by atoms with Crippen LogP contribution in [0.2, 0.25) is 0 Å².